The Kier molecular flexibility index (Phi) is 7.64. The molecule has 3 aromatic rings. The molecule has 3 rings (SSSR count). The maximum atomic E-state index is 12.9. The van der Waals surface area contributed by atoms with E-state index >= 15 is 0 Å². The van der Waals surface area contributed by atoms with Gasteiger partial charge >= 0.3 is 12.7 Å². The average Bonchev–Trinajstić information content (AvgIpc) is 2.78. The minimum atomic E-state index is -5.07. The van der Waals surface area contributed by atoms with E-state index in [9.17, 15) is 35.9 Å². The lowest BCUT2D eigenvalue weighted by Gasteiger charge is -2.17. The van der Waals surface area contributed by atoms with Crippen LogP contribution in [0.15, 0.2) is 54.7 Å². The highest BCUT2D eigenvalue weighted by Crippen LogP contribution is 2.39. The number of ether oxygens (including phenoxy) is 4. The second-order valence-corrected chi connectivity index (χ2v) is 6.92. The molecule has 196 valence electrons. The summed E-state index contributed by atoms with van der Waals surface area (Å²) < 4.78 is 93.9. The maximum absolute atomic E-state index is 12.9. The van der Waals surface area contributed by atoms with Gasteiger partial charge in [-0.1, -0.05) is 0 Å². The molecule has 0 saturated carbocycles. The van der Waals surface area contributed by atoms with E-state index in [1.807, 2.05) is 0 Å². The van der Waals surface area contributed by atoms with E-state index in [2.05, 4.69) is 19.8 Å². The second kappa shape index (κ2) is 10.5. The van der Waals surface area contributed by atoms with Gasteiger partial charge in [0.1, 0.15) is 22.9 Å². The van der Waals surface area contributed by atoms with Crippen molar-refractivity contribution >= 4 is 17.5 Å². The van der Waals surface area contributed by atoms with Crippen LogP contribution >= 0.6 is 0 Å². The molecular weight excluding hydrogens is 516 g/mol. The lowest BCUT2D eigenvalue weighted by Crippen LogP contribution is -2.18. The smallest absolute Gasteiger partial charge is 0.493 e. The van der Waals surface area contributed by atoms with Crippen molar-refractivity contribution in [3.63, 3.8) is 0 Å². The van der Waals surface area contributed by atoms with Crippen LogP contribution in [0.4, 0.5) is 32.0 Å². The number of methoxy groups -OCH3 is 1. The van der Waals surface area contributed by atoms with E-state index in [1.54, 1.807) is 0 Å². The third-order valence-corrected chi connectivity index (χ3v) is 4.29. The standard InChI is InChI=1S/C22H15F6N3O6/c1-34-18-10-13(37-22(26,27)28)3-5-16(18)35-17-9-12(36-21(23,24)25)2-4-14(17)20(33)31-11-6-7-30-15(8-11)19(29)32/h2-10H,1H3,(H2,29,32)(H,30,31,33). The quantitative estimate of drug-likeness (QED) is 0.391. The number of pyridine rings is 1. The van der Waals surface area contributed by atoms with Crippen LogP contribution in [0.3, 0.4) is 0 Å². The SMILES string of the molecule is COc1cc(OC(F)(F)F)ccc1Oc1cc(OC(F)(F)F)ccc1C(=O)Nc1ccnc(C(N)=O)c1. The molecule has 1 aromatic heterocycles. The monoisotopic (exact) mass is 531 g/mol. The topological polar surface area (TPSA) is 122 Å². The molecule has 2 aromatic carbocycles. The van der Waals surface area contributed by atoms with E-state index in [1.165, 1.54) is 12.3 Å². The van der Waals surface area contributed by atoms with Crippen LogP contribution in [-0.2, 0) is 0 Å². The zero-order chi connectivity index (χ0) is 27.4. The summed E-state index contributed by atoms with van der Waals surface area (Å²) in [5.74, 6) is -4.23. The van der Waals surface area contributed by atoms with Crippen molar-refractivity contribution in [2.24, 2.45) is 5.73 Å². The summed E-state index contributed by atoms with van der Waals surface area (Å²) in [6, 6.07) is 7.68. The molecule has 3 N–H and O–H groups in total. The van der Waals surface area contributed by atoms with Crippen LogP contribution in [0.2, 0.25) is 0 Å². The lowest BCUT2D eigenvalue weighted by atomic mass is 10.1. The van der Waals surface area contributed by atoms with Crippen molar-refractivity contribution in [1.29, 1.82) is 0 Å². The number of amides is 2. The van der Waals surface area contributed by atoms with E-state index < -0.39 is 41.8 Å². The van der Waals surface area contributed by atoms with Crippen LogP contribution in [0, 0.1) is 0 Å². The van der Waals surface area contributed by atoms with Crippen molar-refractivity contribution < 1.29 is 54.9 Å². The number of alkyl halides is 6. The van der Waals surface area contributed by atoms with Crippen LogP contribution < -0.4 is 30.0 Å². The van der Waals surface area contributed by atoms with Crippen molar-refractivity contribution in [3.05, 3.63) is 66.0 Å². The summed E-state index contributed by atoms with van der Waals surface area (Å²) in [6.07, 6.45) is -8.89. The fourth-order valence-corrected chi connectivity index (χ4v) is 2.86. The molecule has 2 amide bonds. The van der Waals surface area contributed by atoms with Gasteiger partial charge in [-0.15, -0.1) is 26.3 Å². The normalized spacial score (nSPS) is 11.4. The Morgan fingerprint density at radius 2 is 1.43 bits per heavy atom. The summed E-state index contributed by atoms with van der Waals surface area (Å²) in [6.45, 7) is 0. The van der Waals surface area contributed by atoms with E-state index in [-0.39, 0.29) is 28.4 Å². The van der Waals surface area contributed by atoms with Crippen molar-refractivity contribution in [2.75, 3.05) is 12.4 Å². The van der Waals surface area contributed by atoms with Gasteiger partial charge in [0.05, 0.1) is 12.7 Å². The molecule has 0 aliphatic carbocycles. The highest BCUT2D eigenvalue weighted by atomic mass is 19.4. The van der Waals surface area contributed by atoms with Gasteiger partial charge in [-0.25, -0.2) is 0 Å². The number of carbonyl (C=O) groups is 2. The zero-order valence-corrected chi connectivity index (χ0v) is 18.4. The maximum Gasteiger partial charge on any atom is 0.573 e. The first-order valence-corrected chi connectivity index (χ1v) is 9.83. The van der Waals surface area contributed by atoms with Crippen LogP contribution in [0.1, 0.15) is 20.8 Å². The Hall–Kier alpha value is -4.69. The minimum Gasteiger partial charge on any atom is -0.493 e. The number of hydrogen-bond acceptors (Lipinski definition) is 7. The predicted octanol–water partition coefficient (Wildman–Crippen LogP) is 5.03. The Bertz CT molecular complexity index is 1310. The molecule has 0 aliphatic rings. The minimum absolute atomic E-state index is 0.0709. The van der Waals surface area contributed by atoms with Crippen molar-refractivity contribution in [1.82, 2.24) is 4.98 Å². The first-order chi connectivity index (χ1) is 17.2. The second-order valence-electron chi connectivity index (χ2n) is 6.92. The fourth-order valence-electron chi connectivity index (χ4n) is 2.86. The number of hydrogen-bond donors (Lipinski definition) is 2. The number of halogens is 6. The number of aromatic nitrogens is 1. The molecule has 15 heteroatoms. The number of nitrogens with one attached hydrogen (secondary N) is 1. The molecule has 1 heterocycles. The van der Waals surface area contributed by atoms with Gasteiger partial charge in [0.25, 0.3) is 11.8 Å². The number of nitrogens with two attached hydrogens (primary N) is 1. The number of carbonyl (C=O) groups excluding carboxylic acids is 2. The summed E-state index contributed by atoms with van der Waals surface area (Å²) in [5, 5.41) is 2.40. The number of nitrogens with zero attached hydrogens (tertiary/aromatic N) is 1. The molecule has 0 aliphatic heterocycles. The average molecular weight is 531 g/mol. The number of rotatable bonds is 8. The van der Waals surface area contributed by atoms with Gasteiger partial charge in [-0.2, -0.15) is 0 Å². The molecule has 37 heavy (non-hydrogen) atoms. The van der Waals surface area contributed by atoms with Gasteiger partial charge < -0.3 is 30.0 Å². The van der Waals surface area contributed by atoms with Gasteiger partial charge in [0.15, 0.2) is 11.5 Å². The molecule has 0 spiro atoms. The summed E-state index contributed by atoms with van der Waals surface area (Å²) in [7, 11) is 1.09. The molecule has 9 nitrogen and oxygen atoms in total. The molecule has 0 atom stereocenters. The summed E-state index contributed by atoms with van der Waals surface area (Å²) in [4.78, 5) is 27.9. The van der Waals surface area contributed by atoms with Gasteiger partial charge in [-0.3, -0.25) is 14.6 Å². The van der Waals surface area contributed by atoms with Gasteiger partial charge in [0, 0.05) is 24.0 Å². The zero-order valence-electron chi connectivity index (χ0n) is 18.4. The van der Waals surface area contributed by atoms with Crippen molar-refractivity contribution in [3.8, 4) is 28.7 Å². The highest BCUT2D eigenvalue weighted by molar-refractivity contribution is 6.06. The van der Waals surface area contributed by atoms with E-state index in [0.29, 0.717) is 0 Å². The molecular formula is C22H15F6N3O6. The third kappa shape index (κ3) is 7.65. The Morgan fingerprint density at radius 1 is 0.838 bits per heavy atom. The van der Waals surface area contributed by atoms with Crippen LogP contribution in [0.5, 0.6) is 28.7 Å². The predicted molar refractivity (Wildman–Crippen MR) is 114 cm³/mol. The fraction of sp³-hybridized carbons (Fsp3) is 0.136. The molecule has 0 bridgehead atoms. The highest BCUT2D eigenvalue weighted by Gasteiger charge is 2.33. The number of benzene rings is 2. The summed E-state index contributed by atoms with van der Waals surface area (Å²) in [5.41, 5.74) is 4.73. The molecule has 0 saturated heterocycles. The Morgan fingerprint density at radius 3 is 2.00 bits per heavy atom. The number of primary amides is 1. The summed E-state index contributed by atoms with van der Waals surface area (Å²) >= 11 is 0. The molecule has 0 unspecified atom stereocenters. The Labute approximate surface area is 203 Å². The van der Waals surface area contributed by atoms with Crippen LogP contribution in [-0.4, -0.2) is 36.6 Å². The van der Waals surface area contributed by atoms with E-state index in [0.717, 1.165) is 49.6 Å². The number of anilines is 1. The molecule has 0 radical (unpaired) electrons. The van der Waals surface area contributed by atoms with Gasteiger partial charge in [-0.05, 0) is 36.4 Å². The third-order valence-electron chi connectivity index (χ3n) is 4.29. The lowest BCUT2D eigenvalue weighted by molar-refractivity contribution is -0.275. The van der Waals surface area contributed by atoms with Crippen LogP contribution in [0.25, 0.3) is 0 Å². The van der Waals surface area contributed by atoms with Crippen molar-refractivity contribution in [2.45, 2.75) is 12.7 Å². The first-order valence-electron chi connectivity index (χ1n) is 9.83. The largest absolute Gasteiger partial charge is 0.573 e. The van der Waals surface area contributed by atoms with Gasteiger partial charge in [0.2, 0.25) is 0 Å². The molecule has 0 fully saturated rings. The van der Waals surface area contributed by atoms with E-state index in [4.69, 9.17) is 15.2 Å². The first kappa shape index (κ1) is 26.9. The Balaban J connectivity index is 1.98.